The lowest BCUT2D eigenvalue weighted by Crippen LogP contribution is -2.70. The van der Waals surface area contributed by atoms with E-state index in [1.54, 1.807) is 0 Å². The first-order valence-electron chi connectivity index (χ1n) is 19.1. The van der Waals surface area contributed by atoms with E-state index >= 15 is 0 Å². The Morgan fingerprint density at radius 1 is 1.00 bits per heavy atom. The van der Waals surface area contributed by atoms with Gasteiger partial charge in [0, 0.05) is 23.8 Å². The molecule has 1 heterocycles. The van der Waals surface area contributed by atoms with Crippen molar-refractivity contribution in [2.45, 2.75) is 138 Å². The van der Waals surface area contributed by atoms with Crippen molar-refractivity contribution in [1.29, 1.82) is 0 Å². The average Bonchev–Trinajstić information content (AvgIpc) is 3.42. The molecule has 0 aromatic rings. The number of rotatable bonds is 8. The molecule has 5 aliphatic carbocycles. The molecule has 48 heavy (non-hydrogen) atoms. The van der Waals surface area contributed by atoms with E-state index in [-0.39, 0.29) is 52.5 Å². The van der Waals surface area contributed by atoms with Gasteiger partial charge in [-0.15, -0.1) is 0 Å². The van der Waals surface area contributed by atoms with Crippen LogP contribution in [-0.4, -0.2) is 61.0 Å². The van der Waals surface area contributed by atoms with Gasteiger partial charge in [0.05, 0.1) is 25.7 Å². The number of carbonyl (C=O) groups is 3. The zero-order chi connectivity index (χ0) is 35.0. The van der Waals surface area contributed by atoms with Crippen molar-refractivity contribution in [1.82, 2.24) is 5.32 Å². The summed E-state index contributed by atoms with van der Waals surface area (Å²) in [5.41, 5.74) is -0.403. The molecule has 6 aliphatic rings. The maximum Gasteiger partial charge on any atom is 0.320 e. The first-order valence-corrected chi connectivity index (χ1v) is 19.1. The zero-order valence-corrected chi connectivity index (χ0v) is 31.2. The molecule has 2 unspecified atom stereocenters. The molecule has 6 rings (SSSR count). The van der Waals surface area contributed by atoms with E-state index in [0.29, 0.717) is 43.9 Å². The molecule has 0 aromatic carbocycles. The van der Waals surface area contributed by atoms with Crippen molar-refractivity contribution < 1.29 is 33.7 Å². The fourth-order valence-electron chi connectivity index (χ4n) is 13.0. The largest absolute Gasteiger partial charge is 0.481 e. The van der Waals surface area contributed by atoms with E-state index in [2.05, 4.69) is 66.8 Å². The summed E-state index contributed by atoms with van der Waals surface area (Å²) in [7, 11) is 0. The molecule has 8 nitrogen and oxygen atoms in total. The van der Waals surface area contributed by atoms with E-state index in [1.165, 1.54) is 25.3 Å². The van der Waals surface area contributed by atoms with Crippen LogP contribution in [0.15, 0.2) is 11.6 Å². The first-order chi connectivity index (χ1) is 22.4. The van der Waals surface area contributed by atoms with Gasteiger partial charge >= 0.3 is 17.9 Å². The van der Waals surface area contributed by atoms with Crippen molar-refractivity contribution in [3.05, 3.63) is 11.6 Å². The Labute approximate surface area is 288 Å². The smallest absolute Gasteiger partial charge is 0.320 e. The van der Waals surface area contributed by atoms with E-state index in [0.717, 1.165) is 32.1 Å². The molecule has 4 saturated carbocycles. The summed E-state index contributed by atoms with van der Waals surface area (Å²) in [6.45, 7) is 20.6. The molecule has 0 spiro atoms. The Balaban J connectivity index is 1.34. The highest BCUT2D eigenvalue weighted by atomic mass is 16.6. The standard InChI is InChI=1S/C40H63NO7/c1-23(2)25(4)36(6)17-18-38(8)27-13-14-31-37(7)21-46-22-40(31,28(27)15-16-39(38,9)33(36)35(44)45)19-30(47-26(5)42)34(37)48-32(43)20-41-29-12-10-11-24(29)3/h15,23-25,27,29-31,33-34,41H,10-14,16-22H2,1-9H3,(H,44,45)/t24?,25-,27+,29?,30-,31+,33-,34+,36-,37+,38-,39+,40-/m1/s1. The Bertz CT molecular complexity index is 1330. The number of carbonyl (C=O) groups excluding carboxylic acids is 2. The molecule has 13 atom stereocenters. The van der Waals surface area contributed by atoms with E-state index in [9.17, 15) is 19.5 Å². The van der Waals surface area contributed by atoms with Crippen molar-refractivity contribution in [2.24, 2.45) is 62.6 Å². The molecule has 1 saturated heterocycles. The van der Waals surface area contributed by atoms with Crippen LogP contribution in [-0.2, 0) is 28.6 Å². The third-order valence-corrected chi connectivity index (χ3v) is 16.0. The highest BCUT2D eigenvalue weighted by molar-refractivity contribution is 5.73. The predicted molar refractivity (Wildman–Crippen MR) is 184 cm³/mol. The van der Waals surface area contributed by atoms with E-state index < -0.39 is 34.9 Å². The fourth-order valence-corrected chi connectivity index (χ4v) is 13.0. The molecule has 0 radical (unpaired) electrons. The molecule has 8 heteroatoms. The molecule has 0 aromatic heterocycles. The van der Waals surface area contributed by atoms with Crippen molar-refractivity contribution in [3.8, 4) is 0 Å². The lowest BCUT2D eigenvalue weighted by molar-refractivity contribution is -0.263. The highest BCUT2D eigenvalue weighted by Gasteiger charge is 2.72. The summed E-state index contributed by atoms with van der Waals surface area (Å²) < 4.78 is 19.0. The minimum Gasteiger partial charge on any atom is -0.481 e. The molecule has 1 aliphatic heterocycles. The van der Waals surface area contributed by atoms with Crippen LogP contribution in [0.1, 0.15) is 120 Å². The molecule has 2 N–H and O–H groups in total. The maximum absolute atomic E-state index is 13.4. The second kappa shape index (κ2) is 12.4. The van der Waals surface area contributed by atoms with Crippen LogP contribution in [0.2, 0.25) is 0 Å². The first kappa shape index (κ1) is 35.9. The highest BCUT2D eigenvalue weighted by Crippen LogP contribution is 2.75. The number of aliphatic carboxylic acids is 1. The summed E-state index contributed by atoms with van der Waals surface area (Å²) in [6.07, 6.45) is 9.72. The second-order valence-corrected chi connectivity index (χ2v) is 18.5. The van der Waals surface area contributed by atoms with Gasteiger partial charge in [0.1, 0.15) is 12.2 Å². The van der Waals surface area contributed by atoms with Crippen LogP contribution >= 0.6 is 0 Å². The number of carboxylic acid groups (broad SMARTS) is 1. The lowest BCUT2D eigenvalue weighted by atomic mass is 9.34. The minimum absolute atomic E-state index is 0.147. The Kier molecular flexibility index (Phi) is 9.26. The maximum atomic E-state index is 13.4. The van der Waals surface area contributed by atoms with E-state index in [4.69, 9.17) is 14.2 Å². The Hall–Kier alpha value is -1.93. The summed E-state index contributed by atoms with van der Waals surface area (Å²) >= 11 is 0. The van der Waals surface area contributed by atoms with Crippen LogP contribution in [0.3, 0.4) is 0 Å². The molecule has 270 valence electrons. The topological polar surface area (TPSA) is 111 Å². The van der Waals surface area contributed by atoms with Crippen LogP contribution in [0.5, 0.6) is 0 Å². The minimum atomic E-state index is -0.662. The van der Waals surface area contributed by atoms with Gasteiger partial charge in [0.2, 0.25) is 0 Å². The van der Waals surface area contributed by atoms with Crippen LogP contribution < -0.4 is 5.32 Å². The average molecular weight is 670 g/mol. The summed E-state index contributed by atoms with van der Waals surface area (Å²) in [5.74, 6) is -0.142. The van der Waals surface area contributed by atoms with Gasteiger partial charge in [-0.2, -0.15) is 0 Å². The van der Waals surface area contributed by atoms with Crippen molar-refractivity contribution >= 4 is 17.9 Å². The molecule has 5 fully saturated rings. The number of ether oxygens (including phenoxy) is 3. The third kappa shape index (κ3) is 5.23. The van der Waals surface area contributed by atoms with Crippen molar-refractivity contribution in [2.75, 3.05) is 19.8 Å². The number of esters is 2. The normalized spacial score (nSPS) is 47.2. The fraction of sp³-hybridized carbons (Fsp3) is 0.875. The number of carboxylic acids is 1. The number of fused-ring (bicyclic) bond motifs is 3. The summed E-state index contributed by atoms with van der Waals surface area (Å²) in [4.78, 5) is 39.4. The number of hydrogen-bond donors (Lipinski definition) is 2. The summed E-state index contributed by atoms with van der Waals surface area (Å²) in [5, 5.41) is 14.4. The monoisotopic (exact) mass is 669 g/mol. The predicted octanol–water partition coefficient (Wildman–Crippen LogP) is 7.20. The third-order valence-electron chi connectivity index (χ3n) is 16.0. The quantitative estimate of drug-likeness (QED) is 0.206. The zero-order valence-electron chi connectivity index (χ0n) is 31.2. The van der Waals surface area contributed by atoms with Crippen molar-refractivity contribution in [3.63, 3.8) is 0 Å². The Morgan fingerprint density at radius 3 is 2.35 bits per heavy atom. The second-order valence-electron chi connectivity index (χ2n) is 18.5. The van der Waals surface area contributed by atoms with Gasteiger partial charge in [-0.3, -0.25) is 14.4 Å². The molecule has 2 bridgehead atoms. The van der Waals surface area contributed by atoms with Crippen LogP contribution in [0, 0.1) is 62.6 Å². The SMILES string of the molecule is CC(=O)O[C@@H]1C[C@]23COC[C@@](C)([C@@H]2CC[C@H]2C3=CC[C@@]3(C)[C@H](C(=O)O)[C@@](C)([C@H](C)C(C)C)CC[C@]23C)[C@H]1OC(=O)CNC1CCCC1C. The van der Waals surface area contributed by atoms with Gasteiger partial charge in [-0.25, -0.2) is 0 Å². The van der Waals surface area contributed by atoms with Gasteiger partial charge in [0.15, 0.2) is 0 Å². The molecular weight excluding hydrogens is 606 g/mol. The van der Waals surface area contributed by atoms with Gasteiger partial charge in [-0.1, -0.05) is 73.5 Å². The molecule has 0 amide bonds. The van der Waals surface area contributed by atoms with Gasteiger partial charge in [0.25, 0.3) is 0 Å². The number of hydrogen-bond acceptors (Lipinski definition) is 7. The van der Waals surface area contributed by atoms with Gasteiger partial charge in [-0.05, 0) is 97.2 Å². The summed E-state index contributed by atoms with van der Waals surface area (Å²) in [6, 6.07) is 0.321. The van der Waals surface area contributed by atoms with Crippen LogP contribution in [0.25, 0.3) is 0 Å². The Morgan fingerprint density at radius 2 is 1.73 bits per heavy atom. The van der Waals surface area contributed by atoms with Gasteiger partial charge < -0.3 is 24.6 Å². The van der Waals surface area contributed by atoms with Crippen LogP contribution in [0.4, 0.5) is 0 Å². The molecular formula is C40H63NO7. The van der Waals surface area contributed by atoms with E-state index in [1.807, 2.05) is 0 Å². The lowest BCUT2D eigenvalue weighted by Gasteiger charge is -2.71. The number of nitrogens with one attached hydrogen (secondary N) is 1. The number of allylic oxidation sites excluding steroid dienone is 1.